The van der Waals surface area contributed by atoms with Gasteiger partial charge in [-0.25, -0.2) is 4.79 Å². The highest BCUT2D eigenvalue weighted by Gasteiger charge is 2.62. The van der Waals surface area contributed by atoms with E-state index >= 15 is 0 Å². The fraction of sp³-hybridized carbons (Fsp3) is 0.794. The van der Waals surface area contributed by atoms with E-state index in [1.54, 1.807) is 0 Å². The average Bonchev–Trinajstić information content (AvgIpc) is 3.24. The maximum Gasteiger partial charge on any atom is 0.338 e. The fourth-order valence-corrected chi connectivity index (χ4v) is 10.1. The van der Waals surface area contributed by atoms with Crippen molar-refractivity contribution in [2.45, 2.75) is 117 Å². The van der Waals surface area contributed by atoms with Crippen molar-refractivity contribution in [3.8, 4) is 0 Å². The Morgan fingerprint density at radius 2 is 1.61 bits per heavy atom. The van der Waals surface area contributed by atoms with E-state index in [4.69, 9.17) is 4.74 Å². The van der Waals surface area contributed by atoms with Gasteiger partial charge in [-0.1, -0.05) is 52.8 Å². The Kier molecular flexibility index (Phi) is 8.06. The van der Waals surface area contributed by atoms with E-state index in [0.29, 0.717) is 41.1 Å². The summed E-state index contributed by atoms with van der Waals surface area (Å²) in [6.45, 7) is 11.8. The summed E-state index contributed by atoms with van der Waals surface area (Å²) in [6.07, 6.45) is 10.3. The number of esters is 1. The van der Waals surface area contributed by atoms with Crippen LogP contribution in [0.5, 0.6) is 0 Å². The molecule has 4 unspecified atom stereocenters. The molecule has 4 nitrogen and oxygen atoms in total. The first-order valence-corrected chi connectivity index (χ1v) is 15.7. The van der Waals surface area contributed by atoms with Crippen LogP contribution in [0.15, 0.2) is 30.3 Å². The van der Waals surface area contributed by atoms with Crippen molar-refractivity contribution < 1.29 is 19.7 Å². The smallest absolute Gasteiger partial charge is 0.338 e. The SMILES string of the molecule is CC(C)C(CC[C@@H](C)[C@H]1CC[C@H]2[C@@H]3C(O)CC4CC(O)CC[C@]4(C)[C@H]3CC[C@]12C)OC(=O)c1ccccc1. The Morgan fingerprint density at radius 1 is 0.921 bits per heavy atom. The molecule has 0 amide bonds. The summed E-state index contributed by atoms with van der Waals surface area (Å²) < 4.78 is 6.01. The second-order valence-corrected chi connectivity index (χ2v) is 14.6. The molecule has 0 spiro atoms. The van der Waals surface area contributed by atoms with E-state index in [-0.39, 0.29) is 41.0 Å². The Morgan fingerprint density at radius 3 is 2.32 bits per heavy atom. The van der Waals surface area contributed by atoms with Crippen LogP contribution in [-0.4, -0.2) is 34.5 Å². The molecule has 212 valence electrons. The minimum atomic E-state index is -0.218. The van der Waals surface area contributed by atoms with Gasteiger partial charge in [0.2, 0.25) is 0 Å². The molecule has 4 aliphatic carbocycles. The summed E-state index contributed by atoms with van der Waals surface area (Å²) in [5.41, 5.74) is 1.19. The third kappa shape index (κ3) is 4.98. The second-order valence-electron chi connectivity index (χ2n) is 14.6. The minimum absolute atomic E-state index is 0.0652. The zero-order chi connectivity index (χ0) is 27.2. The van der Waals surface area contributed by atoms with E-state index in [9.17, 15) is 15.0 Å². The lowest BCUT2D eigenvalue weighted by Crippen LogP contribution is -2.58. The Hall–Kier alpha value is -1.39. The summed E-state index contributed by atoms with van der Waals surface area (Å²) in [4.78, 5) is 12.7. The molecule has 0 saturated heterocycles. The molecule has 4 heteroatoms. The van der Waals surface area contributed by atoms with Gasteiger partial charge in [-0.15, -0.1) is 0 Å². The molecule has 0 bridgehead atoms. The maximum absolute atomic E-state index is 12.7. The molecular formula is C34H52O4. The van der Waals surface area contributed by atoms with Crippen molar-refractivity contribution in [2.24, 2.45) is 52.3 Å². The predicted molar refractivity (Wildman–Crippen MR) is 151 cm³/mol. The van der Waals surface area contributed by atoms with Gasteiger partial charge in [0, 0.05) is 0 Å². The van der Waals surface area contributed by atoms with E-state index in [1.807, 2.05) is 30.3 Å². The molecular weight excluding hydrogens is 472 g/mol. The van der Waals surface area contributed by atoms with E-state index in [1.165, 1.54) is 25.7 Å². The van der Waals surface area contributed by atoms with Crippen molar-refractivity contribution in [1.82, 2.24) is 0 Å². The number of aliphatic hydroxyl groups is 2. The molecule has 0 heterocycles. The number of ether oxygens (including phenoxy) is 1. The van der Waals surface area contributed by atoms with Crippen LogP contribution in [0.1, 0.15) is 109 Å². The summed E-state index contributed by atoms with van der Waals surface area (Å²) in [6, 6.07) is 9.35. The largest absolute Gasteiger partial charge is 0.459 e. The highest BCUT2D eigenvalue weighted by atomic mass is 16.5. The molecule has 4 saturated carbocycles. The number of rotatable bonds is 7. The molecule has 38 heavy (non-hydrogen) atoms. The topological polar surface area (TPSA) is 66.8 Å². The molecule has 1 aromatic rings. The lowest BCUT2D eigenvalue weighted by atomic mass is 9.43. The number of carbonyl (C=O) groups is 1. The third-order valence-electron chi connectivity index (χ3n) is 12.3. The number of aliphatic hydroxyl groups excluding tert-OH is 2. The van der Waals surface area contributed by atoms with Crippen LogP contribution in [-0.2, 0) is 4.74 Å². The average molecular weight is 525 g/mol. The lowest BCUT2D eigenvalue weighted by molar-refractivity contribution is -0.174. The predicted octanol–water partition coefficient (Wildman–Crippen LogP) is 7.27. The van der Waals surface area contributed by atoms with Gasteiger partial charge in [-0.3, -0.25) is 0 Å². The Bertz CT molecular complexity index is 960. The van der Waals surface area contributed by atoms with Crippen molar-refractivity contribution in [2.75, 3.05) is 0 Å². The first-order valence-electron chi connectivity index (χ1n) is 15.7. The van der Waals surface area contributed by atoms with E-state index in [2.05, 4.69) is 34.6 Å². The number of benzene rings is 1. The highest BCUT2D eigenvalue weighted by Crippen LogP contribution is 2.68. The van der Waals surface area contributed by atoms with Gasteiger partial charge < -0.3 is 14.9 Å². The number of fused-ring (bicyclic) bond motifs is 5. The second kappa shape index (κ2) is 10.9. The molecule has 2 N–H and O–H groups in total. The van der Waals surface area contributed by atoms with Gasteiger partial charge in [0.1, 0.15) is 6.10 Å². The molecule has 5 rings (SSSR count). The van der Waals surface area contributed by atoms with Crippen molar-refractivity contribution >= 4 is 5.97 Å². The van der Waals surface area contributed by atoms with Crippen LogP contribution >= 0.6 is 0 Å². The molecule has 0 radical (unpaired) electrons. The van der Waals surface area contributed by atoms with E-state index < -0.39 is 0 Å². The number of hydrogen-bond donors (Lipinski definition) is 2. The molecule has 1 aromatic carbocycles. The quantitative estimate of drug-likeness (QED) is 0.368. The van der Waals surface area contributed by atoms with Gasteiger partial charge in [-0.05, 0) is 129 Å². The third-order valence-corrected chi connectivity index (χ3v) is 12.3. The van der Waals surface area contributed by atoms with Crippen LogP contribution in [0.2, 0.25) is 0 Å². The van der Waals surface area contributed by atoms with Crippen LogP contribution in [0.25, 0.3) is 0 Å². The molecule has 0 aromatic heterocycles. The van der Waals surface area contributed by atoms with Crippen molar-refractivity contribution in [1.29, 1.82) is 0 Å². The van der Waals surface area contributed by atoms with Gasteiger partial charge in [0.05, 0.1) is 17.8 Å². The molecule has 4 aliphatic rings. The van der Waals surface area contributed by atoms with Crippen LogP contribution in [0.3, 0.4) is 0 Å². The van der Waals surface area contributed by atoms with Crippen LogP contribution in [0, 0.1) is 52.3 Å². The zero-order valence-electron chi connectivity index (χ0n) is 24.4. The van der Waals surface area contributed by atoms with Crippen LogP contribution < -0.4 is 0 Å². The summed E-state index contributed by atoms with van der Waals surface area (Å²) >= 11 is 0. The zero-order valence-corrected chi connectivity index (χ0v) is 24.4. The van der Waals surface area contributed by atoms with Crippen molar-refractivity contribution in [3.05, 3.63) is 35.9 Å². The van der Waals surface area contributed by atoms with E-state index in [0.717, 1.165) is 38.5 Å². The maximum atomic E-state index is 12.7. The van der Waals surface area contributed by atoms with Gasteiger partial charge in [-0.2, -0.15) is 0 Å². The first kappa shape index (κ1) is 28.1. The highest BCUT2D eigenvalue weighted by molar-refractivity contribution is 5.89. The monoisotopic (exact) mass is 524 g/mol. The molecule has 4 fully saturated rings. The lowest BCUT2D eigenvalue weighted by Gasteiger charge is -2.62. The Balaban J connectivity index is 1.25. The minimum Gasteiger partial charge on any atom is -0.459 e. The van der Waals surface area contributed by atoms with Gasteiger partial charge in [0.15, 0.2) is 0 Å². The van der Waals surface area contributed by atoms with Crippen LogP contribution in [0.4, 0.5) is 0 Å². The fourth-order valence-electron chi connectivity index (χ4n) is 10.1. The number of carbonyl (C=O) groups excluding carboxylic acids is 1. The van der Waals surface area contributed by atoms with Gasteiger partial charge in [0.25, 0.3) is 0 Å². The van der Waals surface area contributed by atoms with Gasteiger partial charge >= 0.3 is 5.97 Å². The molecule has 0 aliphatic heterocycles. The summed E-state index contributed by atoms with van der Waals surface area (Å²) in [5.74, 6) is 3.40. The number of hydrogen-bond acceptors (Lipinski definition) is 4. The summed E-state index contributed by atoms with van der Waals surface area (Å²) in [7, 11) is 0. The molecule has 11 atom stereocenters. The summed E-state index contributed by atoms with van der Waals surface area (Å²) in [5, 5.41) is 21.9. The standard InChI is InChI=1S/C34H52O4/c1-21(2)30(38-32(37)23-9-7-6-8-10-23)14-11-22(3)26-12-13-27-31-28(16-18-34(26,27)5)33(4)17-15-25(35)19-24(33)20-29(31)36/h6-10,21-22,24-31,35-36H,11-20H2,1-5H3/t22-,24?,25?,26-,27+,28+,29?,30?,31+,33+,34-/m1/s1. The normalized spacial score (nSPS) is 42.1. The van der Waals surface area contributed by atoms with Crippen molar-refractivity contribution in [3.63, 3.8) is 0 Å². The first-order chi connectivity index (χ1) is 18.0. The Labute approximate surface area is 230 Å².